The number of aromatic nitrogens is 3. The zero-order valence-corrected chi connectivity index (χ0v) is 24.3. The first-order valence-electron chi connectivity index (χ1n) is 14.8. The van der Waals surface area contributed by atoms with Gasteiger partial charge in [-0.25, -0.2) is 9.97 Å². The Morgan fingerprint density at radius 3 is 2.09 bits per heavy atom. The smallest absolute Gasteiger partial charge is 0.235 e. The minimum absolute atomic E-state index is 0.682. The van der Waals surface area contributed by atoms with Gasteiger partial charge in [-0.3, -0.25) is 4.57 Å². The van der Waals surface area contributed by atoms with Crippen LogP contribution in [0.2, 0.25) is 0 Å². The first-order valence-corrected chi connectivity index (χ1v) is 15.7. The quantitative estimate of drug-likeness (QED) is 0.191. The van der Waals surface area contributed by atoms with Crippen LogP contribution in [0.1, 0.15) is 0 Å². The van der Waals surface area contributed by atoms with Crippen LogP contribution >= 0.6 is 11.3 Å². The molecule has 0 N–H and O–H groups in total. The SMILES string of the molecule is c1ccc(-c2nc(-n3c4ccccc4c4cc5ccc6c7ccccc7sc6c5cc43)nc3c2ccc2ccccc23)cc1. The standard InChI is InChI=1S/C40H23N3S/c1-2-11-25(12-3-1)37-31-21-18-24-10-4-5-13-27(24)38(31)42-40(41-37)43-34-16-8-6-14-28(34)33-22-26-19-20-30-29-15-7-9-17-36(29)44-39(30)32(26)23-35(33)43/h1-23H. The predicted molar refractivity (Wildman–Crippen MR) is 187 cm³/mol. The number of hydrogen-bond donors (Lipinski definition) is 0. The third-order valence-electron chi connectivity index (χ3n) is 8.98. The third-order valence-corrected chi connectivity index (χ3v) is 10.2. The van der Waals surface area contributed by atoms with Crippen molar-refractivity contribution in [2.75, 3.05) is 0 Å². The highest BCUT2D eigenvalue weighted by molar-refractivity contribution is 7.26. The van der Waals surface area contributed by atoms with E-state index in [1.54, 1.807) is 0 Å². The van der Waals surface area contributed by atoms with E-state index >= 15 is 0 Å². The van der Waals surface area contributed by atoms with Gasteiger partial charge in [0.25, 0.3) is 0 Å². The maximum absolute atomic E-state index is 5.36. The van der Waals surface area contributed by atoms with Crippen LogP contribution in [0.25, 0.3) is 91.6 Å². The summed E-state index contributed by atoms with van der Waals surface area (Å²) in [6.45, 7) is 0. The Morgan fingerprint density at radius 2 is 1.18 bits per heavy atom. The molecule has 3 heterocycles. The van der Waals surface area contributed by atoms with Gasteiger partial charge in [-0.15, -0.1) is 11.3 Å². The molecule has 204 valence electrons. The van der Waals surface area contributed by atoms with Crippen molar-refractivity contribution >= 4 is 85.8 Å². The van der Waals surface area contributed by atoms with Crippen LogP contribution in [0, 0.1) is 0 Å². The monoisotopic (exact) mass is 577 g/mol. The lowest BCUT2D eigenvalue weighted by Crippen LogP contribution is -2.03. The molecule has 0 amide bonds. The second-order valence-electron chi connectivity index (χ2n) is 11.4. The van der Waals surface area contributed by atoms with E-state index in [0.717, 1.165) is 38.6 Å². The molecule has 10 rings (SSSR count). The fraction of sp³-hybridized carbons (Fsp3) is 0. The second-order valence-corrected chi connectivity index (χ2v) is 12.5. The van der Waals surface area contributed by atoms with Gasteiger partial charge in [-0.05, 0) is 41.1 Å². The van der Waals surface area contributed by atoms with E-state index in [1.165, 1.54) is 47.1 Å². The Bertz CT molecular complexity index is 2770. The lowest BCUT2D eigenvalue weighted by atomic mass is 10.0. The van der Waals surface area contributed by atoms with Gasteiger partial charge in [0.1, 0.15) is 0 Å². The molecule has 0 atom stereocenters. The van der Waals surface area contributed by atoms with Crippen molar-refractivity contribution in [2.45, 2.75) is 0 Å². The molecule has 3 aromatic heterocycles. The molecule has 44 heavy (non-hydrogen) atoms. The van der Waals surface area contributed by atoms with Crippen molar-refractivity contribution in [1.82, 2.24) is 14.5 Å². The molecule has 0 fully saturated rings. The Morgan fingerprint density at radius 1 is 0.455 bits per heavy atom. The Hall–Kier alpha value is -5.58. The fourth-order valence-electron chi connectivity index (χ4n) is 6.95. The number of nitrogens with zero attached hydrogens (tertiary/aromatic N) is 3. The zero-order chi connectivity index (χ0) is 28.8. The summed E-state index contributed by atoms with van der Waals surface area (Å²) >= 11 is 1.87. The summed E-state index contributed by atoms with van der Waals surface area (Å²) in [5.74, 6) is 0.682. The van der Waals surface area contributed by atoms with Gasteiger partial charge in [0.2, 0.25) is 5.95 Å². The van der Waals surface area contributed by atoms with Gasteiger partial charge in [0.15, 0.2) is 0 Å². The summed E-state index contributed by atoms with van der Waals surface area (Å²) in [5.41, 5.74) is 5.20. The molecule has 0 unspecified atom stereocenters. The van der Waals surface area contributed by atoms with E-state index in [1.807, 2.05) is 11.3 Å². The molecular weight excluding hydrogens is 555 g/mol. The van der Waals surface area contributed by atoms with Crippen LogP contribution in [-0.2, 0) is 0 Å². The van der Waals surface area contributed by atoms with Crippen molar-refractivity contribution in [1.29, 1.82) is 0 Å². The number of thiophene rings is 1. The Labute approximate surface area is 256 Å². The number of hydrogen-bond acceptors (Lipinski definition) is 3. The molecule has 0 radical (unpaired) electrons. The second kappa shape index (κ2) is 8.96. The van der Waals surface area contributed by atoms with Crippen LogP contribution in [0.5, 0.6) is 0 Å². The van der Waals surface area contributed by atoms with Crippen LogP contribution in [0.15, 0.2) is 140 Å². The van der Waals surface area contributed by atoms with Crippen LogP contribution in [0.4, 0.5) is 0 Å². The van der Waals surface area contributed by atoms with Crippen molar-refractivity contribution < 1.29 is 0 Å². The summed E-state index contributed by atoms with van der Waals surface area (Å²) in [6, 6.07) is 49.9. The highest BCUT2D eigenvalue weighted by atomic mass is 32.1. The lowest BCUT2D eigenvalue weighted by molar-refractivity contribution is 1.02. The topological polar surface area (TPSA) is 30.7 Å². The van der Waals surface area contributed by atoms with E-state index in [-0.39, 0.29) is 0 Å². The predicted octanol–water partition coefficient (Wildman–Crippen LogP) is 11.1. The van der Waals surface area contributed by atoms with Gasteiger partial charge in [0.05, 0.1) is 22.2 Å². The molecule has 0 aliphatic carbocycles. The van der Waals surface area contributed by atoms with Gasteiger partial charge < -0.3 is 0 Å². The van der Waals surface area contributed by atoms with E-state index in [9.17, 15) is 0 Å². The van der Waals surface area contributed by atoms with Crippen molar-refractivity contribution in [3.63, 3.8) is 0 Å². The van der Waals surface area contributed by atoms with Gasteiger partial charge >= 0.3 is 0 Å². The molecular formula is C40H23N3S. The van der Waals surface area contributed by atoms with Gasteiger partial charge in [0, 0.05) is 52.7 Å². The molecule has 0 saturated heterocycles. The average Bonchev–Trinajstić information content (AvgIpc) is 3.63. The molecule has 0 bridgehead atoms. The van der Waals surface area contributed by atoms with Gasteiger partial charge in [-0.1, -0.05) is 109 Å². The van der Waals surface area contributed by atoms with Gasteiger partial charge in [-0.2, -0.15) is 0 Å². The zero-order valence-electron chi connectivity index (χ0n) is 23.5. The van der Waals surface area contributed by atoms with E-state index in [0.29, 0.717) is 5.95 Å². The summed E-state index contributed by atoms with van der Waals surface area (Å²) in [5, 5.41) is 10.9. The molecule has 0 saturated carbocycles. The highest BCUT2D eigenvalue weighted by Gasteiger charge is 2.19. The number of benzene rings is 7. The normalized spacial score (nSPS) is 12.1. The molecule has 0 aliphatic heterocycles. The largest absolute Gasteiger partial charge is 0.278 e. The average molecular weight is 578 g/mol. The van der Waals surface area contributed by atoms with Crippen molar-refractivity contribution in [3.8, 4) is 17.2 Å². The van der Waals surface area contributed by atoms with E-state index in [4.69, 9.17) is 9.97 Å². The van der Waals surface area contributed by atoms with Crippen LogP contribution in [0.3, 0.4) is 0 Å². The molecule has 0 aliphatic rings. The van der Waals surface area contributed by atoms with E-state index in [2.05, 4.69) is 144 Å². The maximum Gasteiger partial charge on any atom is 0.235 e. The van der Waals surface area contributed by atoms with Crippen molar-refractivity contribution in [2.24, 2.45) is 0 Å². The summed E-state index contributed by atoms with van der Waals surface area (Å²) in [7, 11) is 0. The maximum atomic E-state index is 5.36. The van der Waals surface area contributed by atoms with Crippen LogP contribution in [-0.4, -0.2) is 14.5 Å². The first kappa shape index (κ1) is 23.9. The molecule has 4 heteroatoms. The minimum Gasteiger partial charge on any atom is -0.278 e. The first-order chi connectivity index (χ1) is 21.8. The fourth-order valence-corrected chi connectivity index (χ4v) is 8.18. The van der Waals surface area contributed by atoms with Crippen LogP contribution < -0.4 is 0 Å². The van der Waals surface area contributed by atoms with Crippen molar-refractivity contribution in [3.05, 3.63) is 140 Å². The summed E-state index contributed by atoms with van der Waals surface area (Å²) in [4.78, 5) is 10.7. The molecule has 10 aromatic rings. The number of fused-ring (bicyclic) bond motifs is 11. The number of para-hydroxylation sites is 1. The minimum atomic E-state index is 0.682. The summed E-state index contributed by atoms with van der Waals surface area (Å²) < 4.78 is 4.90. The van der Waals surface area contributed by atoms with E-state index < -0.39 is 0 Å². The summed E-state index contributed by atoms with van der Waals surface area (Å²) in [6.07, 6.45) is 0. The molecule has 0 spiro atoms. The molecule has 3 nitrogen and oxygen atoms in total. The Balaban J connectivity index is 1.37. The Kier molecular flexibility index (Phi) is 4.87. The third kappa shape index (κ3) is 3.31. The lowest BCUT2D eigenvalue weighted by Gasteiger charge is -2.13. The highest BCUT2D eigenvalue weighted by Crippen LogP contribution is 2.42. The number of rotatable bonds is 2. The molecule has 7 aromatic carbocycles.